The summed E-state index contributed by atoms with van der Waals surface area (Å²) in [7, 11) is 0. The van der Waals surface area contributed by atoms with Gasteiger partial charge in [0.1, 0.15) is 6.17 Å². The van der Waals surface area contributed by atoms with E-state index in [1.807, 2.05) is 0 Å². The maximum absolute atomic E-state index is 12.8. The van der Waals surface area contributed by atoms with Crippen LogP contribution in [0.5, 0.6) is 0 Å². The van der Waals surface area contributed by atoms with Gasteiger partial charge in [0.25, 0.3) is 0 Å². The molecule has 0 aromatic heterocycles. The highest BCUT2D eigenvalue weighted by Crippen LogP contribution is 2.16. The zero-order valence-electron chi connectivity index (χ0n) is 5.80. The molecule has 0 aliphatic heterocycles. The lowest BCUT2D eigenvalue weighted by Crippen LogP contribution is -2.12. The van der Waals surface area contributed by atoms with E-state index in [4.69, 9.17) is 0 Å². The molecule has 1 aliphatic carbocycles. The Morgan fingerprint density at radius 3 is 2.90 bits per heavy atom. The standard InChI is InChI=1S/C8H9FO/c1-6(10)7-4-2-3-5-8(7)9/h2-4,8H,5H2,1H3/t8-/m0/s1. The van der Waals surface area contributed by atoms with E-state index >= 15 is 0 Å². The summed E-state index contributed by atoms with van der Waals surface area (Å²) in [5, 5.41) is 0. The molecule has 0 heterocycles. The van der Waals surface area contributed by atoms with Gasteiger partial charge in [0.2, 0.25) is 0 Å². The van der Waals surface area contributed by atoms with Crippen LogP contribution in [0.25, 0.3) is 0 Å². The molecule has 0 unspecified atom stereocenters. The third kappa shape index (κ3) is 1.32. The Hall–Kier alpha value is -0.920. The Morgan fingerprint density at radius 2 is 2.50 bits per heavy atom. The minimum Gasteiger partial charge on any atom is -0.295 e. The van der Waals surface area contributed by atoms with Crippen LogP contribution in [0.2, 0.25) is 0 Å². The molecule has 0 N–H and O–H groups in total. The number of carbonyl (C=O) groups excluding carboxylic acids is 1. The first-order chi connectivity index (χ1) is 4.72. The minimum atomic E-state index is -1.08. The summed E-state index contributed by atoms with van der Waals surface area (Å²) in [6, 6.07) is 0. The van der Waals surface area contributed by atoms with Crippen LogP contribution in [0, 0.1) is 0 Å². The summed E-state index contributed by atoms with van der Waals surface area (Å²) < 4.78 is 12.8. The molecule has 0 aromatic rings. The lowest BCUT2D eigenvalue weighted by atomic mass is 10.0. The lowest BCUT2D eigenvalue weighted by molar-refractivity contribution is -0.114. The summed E-state index contributed by atoms with van der Waals surface area (Å²) in [6.45, 7) is 1.39. The summed E-state index contributed by atoms with van der Waals surface area (Å²) in [6.07, 6.45) is 4.23. The molecular formula is C8H9FO. The molecule has 0 saturated heterocycles. The monoisotopic (exact) mass is 140 g/mol. The second-order valence-corrected chi connectivity index (χ2v) is 2.31. The van der Waals surface area contributed by atoms with Gasteiger partial charge in [-0.2, -0.15) is 0 Å². The summed E-state index contributed by atoms with van der Waals surface area (Å²) in [5.74, 6) is -0.170. The van der Waals surface area contributed by atoms with Gasteiger partial charge in [-0.15, -0.1) is 0 Å². The summed E-state index contributed by atoms with van der Waals surface area (Å²) in [4.78, 5) is 10.7. The van der Waals surface area contributed by atoms with Crippen molar-refractivity contribution in [3.05, 3.63) is 23.8 Å². The molecule has 0 amide bonds. The Balaban J connectivity index is 2.80. The number of allylic oxidation sites excluding steroid dienone is 4. The first-order valence-electron chi connectivity index (χ1n) is 3.23. The quantitative estimate of drug-likeness (QED) is 0.542. The number of halogens is 1. The van der Waals surface area contributed by atoms with E-state index in [1.54, 1.807) is 12.2 Å². The number of rotatable bonds is 1. The summed E-state index contributed by atoms with van der Waals surface area (Å²) in [5.41, 5.74) is 0.294. The molecule has 2 heteroatoms. The highest BCUT2D eigenvalue weighted by atomic mass is 19.1. The molecular weight excluding hydrogens is 131 g/mol. The maximum Gasteiger partial charge on any atom is 0.158 e. The third-order valence-electron chi connectivity index (χ3n) is 1.50. The first-order valence-corrected chi connectivity index (χ1v) is 3.23. The molecule has 10 heavy (non-hydrogen) atoms. The van der Waals surface area contributed by atoms with Crippen molar-refractivity contribution in [3.63, 3.8) is 0 Å². The van der Waals surface area contributed by atoms with Gasteiger partial charge in [-0.25, -0.2) is 4.39 Å². The van der Waals surface area contributed by atoms with Gasteiger partial charge in [0.15, 0.2) is 5.78 Å². The van der Waals surface area contributed by atoms with Gasteiger partial charge in [-0.3, -0.25) is 4.79 Å². The highest BCUT2D eigenvalue weighted by molar-refractivity contribution is 5.94. The SMILES string of the molecule is CC(=O)C1=CC=CC[C@@H]1F. The van der Waals surface area contributed by atoms with Crippen molar-refractivity contribution in [1.82, 2.24) is 0 Å². The van der Waals surface area contributed by atoms with Crippen LogP contribution in [0.15, 0.2) is 23.8 Å². The van der Waals surface area contributed by atoms with Crippen LogP contribution in [0.3, 0.4) is 0 Å². The third-order valence-corrected chi connectivity index (χ3v) is 1.50. The maximum atomic E-state index is 12.8. The van der Waals surface area contributed by atoms with Crippen molar-refractivity contribution in [2.45, 2.75) is 19.5 Å². The number of ketones is 1. The Labute approximate surface area is 59.2 Å². The van der Waals surface area contributed by atoms with E-state index in [2.05, 4.69) is 0 Å². The van der Waals surface area contributed by atoms with Crippen LogP contribution < -0.4 is 0 Å². The Morgan fingerprint density at radius 1 is 1.80 bits per heavy atom. The van der Waals surface area contributed by atoms with Crippen LogP contribution >= 0.6 is 0 Å². The van der Waals surface area contributed by atoms with Crippen molar-refractivity contribution in [2.24, 2.45) is 0 Å². The predicted molar refractivity (Wildman–Crippen MR) is 37.4 cm³/mol. The van der Waals surface area contributed by atoms with Crippen LogP contribution in [0.4, 0.5) is 4.39 Å². The lowest BCUT2D eigenvalue weighted by Gasteiger charge is -2.09. The Kier molecular flexibility index (Phi) is 2.00. The minimum absolute atomic E-state index is 0.170. The van der Waals surface area contributed by atoms with E-state index in [-0.39, 0.29) is 5.78 Å². The average molecular weight is 140 g/mol. The fourth-order valence-electron chi connectivity index (χ4n) is 0.939. The second-order valence-electron chi connectivity index (χ2n) is 2.31. The second kappa shape index (κ2) is 2.78. The van der Waals surface area contributed by atoms with Crippen LogP contribution in [0.1, 0.15) is 13.3 Å². The molecule has 0 bridgehead atoms. The van der Waals surface area contributed by atoms with Gasteiger partial charge < -0.3 is 0 Å². The zero-order valence-corrected chi connectivity index (χ0v) is 5.80. The van der Waals surface area contributed by atoms with Gasteiger partial charge in [-0.05, 0) is 6.92 Å². The van der Waals surface area contributed by atoms with E-state index in [9.17, 15) is 9.18 Å². The van der Waals surface area contributed by atoms with Crippen molar-refractivity contribution < 1.29 is 9.18 Å². The van der Waals surface area contributed by atoms with Crippen molar-refractivity contribution in [3.8, 4) is 0 Å². The largest absolute Gasteiger partial charge is 0.295 e. The van der Waals surface area contributed by atoms with E-state index in [0.717, 1.165) is 0 Å². The molecule has 0 radical (unpaired) electrons. The number of hydrogen-bond acceptors (Lipinski definition) is 1. The molecule has 54 valence electrons. The molecule has 1 nitrogen and oxygen atoms in total. The first kappa shape index (κ1) is 7.19. The number of hydrogen-bond donors (Lipinski definition) is 0. The fraction of sp³-hybridized carbons (Fsp3) is 0.375. The molecule has 0 spiro atoms. The Bertz CT molecular complexity index is 203. The van der Waals surface area contributed by atoms with Crippen LogP contribution in [-0.2, 0) is 4.79 Å². The van der Waals surface area contributed by atoms with E-state index in [1.165, 1.54) is 13.0 Å². The average Bonchev–Trinajstić information content (AvgIpc) is 1.88. The highest BCUT2D eigenvalue weighted by Gasteiger charge is 2.16. The molecule has 1 aliphatic rings. The topological polar surface area (TPSA) is 17.1 Å². The van der Waals surface area contributed by atoms with Gasteiger partial charge in [0, 0.05) is 12.0 Å². The molecule has 0 saturated carbocycles. The van der Waals surface area contributed by atoms with Crippen molar-refractivity contribution >= 4 is 5.78 Å². The normalized spacial score (nSPS) is 24.2. The van der Waals surface area contributed by atoms with Crippen LogP contribution in [-0.4, -0.2) is 12.0 Å². The fourth-order valence-corrected chi connectivity index (χ4v) is 0.939. The number of alkyl halides is 1. The zero-order chi connectivity index (χ0) is 7.56. The van der Waals surface area contributed by atoms with Gasteiger partial charge >= 0.3 is 0 Å². The van der Waals surface area contributed by atoms with E-state index in [0.29, 0.717) is 12.0 Å². The molecule has 1 atom stereocenters. The number of Topliss-reactive ketones (excluding diaryl/α,β-unsaturated/α-hetero) is 1. The van der Waals surface area contributed by atoms with Gasteiger partial charge in [0.05, 0.1) is 0 Å². The smallest absolute Gasteiger partial charge is 0.158 e. The molecule has 0 aromatic carbocycles. The number of carbonyl (C=O) groups is 1. The molecule has 1 rings (SSSR count). The summed E-state index contributed by atoms with van der Waals surface area (Å²) >= 11 is 0. The van der Waals surface area contributed by atoms with E-state index < -0.39 is 6.17 Å². The molecule has 0 fully saturated rings. The predicted octanol–water partition coefficient (Wildman–Crippen LogP) is 1.80. The van der Waals surface area contributed by atoms with Gasteiger partial charge in [-0.1, -0.05) is 18.2 Å². The van der Waals surface area contributed by atoms with Crippen molar-refractivity contribution in [2.75, 3.05) is 0 Å². The van der Waals surface area contributed by atoms with Crippen molar-refractivity contribution in [1.29, 1.82) is 0 Å².